The molecular weight excluding hydrogens is 201 g/mol. The second-order valence-corrected chi connectivity index (χ2v) is 4.69. The predicted octanol–water partition coefficient (Wildman–Crippen LogP) is 3.74. The van der Waals surface area contributed by atoms with E-state index in [0.717, 1.165) is 12.8 Å². The second kappa shape index (κ2) is 4.28. The van der Waals surface area contributed by atoms with Crippen LogP contribution in [0.25, 0.3) is 0 Å². The van der Waals surface area contributed by atoms with E-state index in [9.17, 15) is 4.39 Å². The monoisotopic (exact) mass is 219 g/mol. The lowest BCUT2D eigenvalue weighted by atomic mass is 9.85. The highest BCUT2D eigenvalue weighted by molar-refractivity contribution is 5.23. The number of hydrogen-bond acceptors (Lipinski definition) is 1. The molecule has 2 atom stereocenters. The minimum Gasteiger partial charge on any atom is -0.371 e. The quantitative estimate of drug-likeness (QED) is 0.695. The maximum absolute atomic E-state index is 12.9. The summed E-state index contributed by atoms with van der Waals surface area (Å²) in [6, 6.07) is 7.17. The van der Waals surface area contributed by atoms with Gasteiger partial charge in [0.05, 0.1) is 6.04 Å². The van der Waals surface area contributed by atoms with Crippen molar-refractivity contribution in [1.29, 1.82) is 0 Å². The molecule has 0 spiro atoms. The maximum atomic E-state index is 12.9. The summed E-state index contributed by atoms with van der Waals surface area (Å²) in [5, 5.41) is 0. The number of likely N-dealkylation sites (tertiary alicyclic amines) is 1. The molecule has 1 unspecified atom stereocenters. The highest BCUT2D eigenvalue weighted by atomic mass is 19.1. The summed E-state index contributed by atoms with van der Waals surface area (Å²) in [4.78, 5) is 2.22. The van der Waals surface area contributed by atoms with Gasteiger partial charge in [-0.1, -0.05) is 25.6 Å². The first-order valence-corrected chi connectivity index (χ1v) is 5.75. The number of allylic oxidation sites excluding steroid dienone is 1. The summed E-state index contributed by atoms with van der Waals surface area (Å²) in [6.45, 7) is 6.32. The van der Waals surface area contributed by atoms with E-state index in [0.29, 0.717) is 12.0 Å². The third kappa shape index (κ3) is 1.97. The fourth-order valence-corrected chi connectivity index (χ4v) is 2.52. The molecule has 1 nitrogen and oxygen atoms in total. The first kappa shape index (κ1) is 11.2. The first-order valence-electron chi connectivity index (χ1n) is 5.75. The van der Waals surface area contributed by atoms with Crippen molar-refractivity contribution in [3.63, 3.8) is 0 Å². The number of piperidine rings is 1. The zero-order chi connectivity index (χ0) is 11.7. The molecule has 0 aliphatic carbocycles. The number of rotatable bonds is 1. The van der Waals surface area contributed by atoms with Crippen molar-refractivity contribution >= 4 is 0 Å². The maximum Gasteiger partial charge on any atom is 0.123 e. The summed E-state index contributed by atoms with van der Waals surface area (Å²) in [5.41, 5.74) is 2.35. The molecule has 2 rings (SSSR count). The van der Waals surface area contributed by atoms with Gasteiger partial charge < -0.3 is 4.90 Å². The molecule has 2 heteroatoms. The van der Waals surface area contributed by atoms with Gasteiger partial charge in [-0.15, -0.1) is 0 Å². The Morgan fingerprint density at radius 3 is 2.56 bits per heavy atom. The van der Waals surface area contributed by atoms with E-state index in [1.165, 1.54) is 23.4 Å². The Morgan fingerprint density at radius 2 is 1.94 bits per heavy atom. The van der Waals surface area contributed by atoms with Crippen molar-refractivity contribution < 1.29 is 4.39 Å². The molecule has 1 fully saturated rings. The molecule has 1 heterocycles. The van der Waals surface area contributed by atoms with Crippen LogP contribution >= 0.6 is 0 Å². The zero-order valence-electron chi connectivity index (χ0n) is 9.91. The minimum atomic E-state index is -0.173. The van der Waals surface area contributed by atoms with E-state index in [2.05, 4.69) is 25.5 Å². The van der Waals surface area contributed by atoms with Gasteiger partial charge in [-0.2, -0.15) is 0 Å². The van der Waals surface area contributed by atoms with Crippen LogP contribution in [0.2, 0.25) is 0 Å². The molecule has 1 saturated heterocycles. The number of benzene rings is 1. The molecule has 1 aliphatic rings. The number of hydrogen-bond donors (Lipinski definition) is 0. The Morgan fingerprint density at radius 1 is 1.31 bits per heavy atom. The third-order valence-corrected chi connectivity index (χ3v) is 3.55. The van der Waals surface area contributed by atoms with Gasteiger partial charge in [0.2, 0.25) is 0 Å². The lowest BCUT2D eigenvalue weighted by molar-refractivity contribution is 0.178. The Hall–Kier alpha value is -1.31. The van der Waals surface area contributed by atoms with Gasteiger partial charge in [-0.05, 0) is 36.5 Å². The summed E-state index contributed by atoms with van der Waals surface area (Å²) in [5.74, 6) is 0.412. The average molecular weight is 219 g/mol. The van der Waals surface area contributed by atoms with Gasteiger partial charge in [-0.3, -0.25) is 0 Å². The summed E-state index contributed by atoms with van der Waals surface area (Å²) in [7, 11) is 2.08. The fourth-order valence-electron chi connectivity index (χ4n) is 2.52. The van der Waals surface area contributed by atoms with Crippen molar-refractivity contribution in [2.45, 2.75) is 25.8 Å². The lowest BCUT2D eigenvalue weighted by Gasteiger charge is -2.40. The lowest BCUT2D eigenvalue weighted by Crippen LogP contribution is -2.33. The van der Waals surface area contributed by atoms with Crippen LogP contribution in [-0.2, 0) is 0 Å². The zero-order valence-corrected chi connectivity index (χ0v) is 9.91. The van der Waals surface area contributed by atoms with Gasteiger partial charge in [0.15, 0.2) is 0 Å². The van der Waals surface area contributed by atoms with Crippen molar-refractivity contribution in [2.75, 3.05) is 7.05 Å². The van der Waals surface area contributed by atoms with E-state index in [4.69, 9.17) is 0 Å². The predicted molar refractivity (Wildman–Crippen MR) is 64.4 cm³/mol. The fraction of sp³-hybridized carbons (Fsp3) is 0.429. The van der Waals surface area contributed by atoms with Crippen LogP contribution in [0.4, 0.5) is 4.39 Å². The molecule has 86 valence electrons. The Bertz CT molecular complexity index is 382. The molecule has 0 amide bonds. The van der Waals surface area contributed by atoms with Crippen LogP contribution in [0, 0.1) is 11.7 Å². The van der Waals surface area contributed by atoms with E-state index in [1.54, 1.807) is 0 Å². The van der Waals surface area contributed by atoms with Crippen LogP contribution in [-0.4, -0.2) is 11.9 Å². The van der Waals surface area contributed by atoms with Crippen LogP contribution in [0.1, 0.15) is 31.4 Å². The van der Waals surface area contributed by atoms with Gasteiger partial charge in [0, 0.05) is 12.7 Å². The van der Waals surface area contributed by atoms with Crippen LogP contribution in [0.3, 0.4) is 0 Å². The van der Waals surface area contributed by atoms with E-state index < -0.39 is 0 Å². The first-order chi connectivity index (χ1) is 7.59. The number of halogens is 1. The highest BCUT2D eigenvalue weighted by Gasteiger charge is 2.28. The molecule has 1 aliphatic heterocycles. The van der Waals surface area contributed by atoms with Gasteiger partial charge in [-0.25, -0.2) is 4.39 Å². The molecule has 0 radical (unpaired) electrons. The van der Waals surface area contributed by atoms with Gasteiger partial charge in [0.1, 0.15) is 5.82 Å². The normalized spacial score (nSPS) is 25.9. The van der Waals surface area contributed by atoms with E-state index in [-0.39, 0.29) is 5.82 Å². The Labute approximate surface area is 96.6 Å². The Balaban J connectivity index is 2.29. The van der Waals surface area contributed by atoms with E-state index in [1.807, 2.05) is 12.1 Å². The van der Waals surface area contributed by atoms with Crippen LogP contribution < -0.4 is 0 Å². The van der Waals surface area contributed by atoms with Crippen molar-refractivity contribution in [1.82, 2.24) is 4.90 Å². The molecule has 0 N–H and O–H groups in total. The summed E-state index contributed by atoms with van der Waals surface area (Å²) < 4.78 is 12.9. The van der Waals surface area contributed by atoms with Crippen molar-refractivity contribution in [2.24, 2.45) is 5.92 Å². The SMILES string of the molecule is C=C1CC[C@H](C)C(c2ccc(F)cc2)N1C. The third-order valence-electron chi connectivity index (χ3n) is 3.55. The van der Waals surface area contributed by atoms with Crippen molar-refractivity contribution in [3.8, 4) is 0 Å². The molecule has 0 bridgehead atoms. The number of nitrogens with zero attached hydrogens (tertiary/aromatic N) is 1. The second-order valence-electron chi connectivity index (χ2n) is 4.69. The summed E-state index contributed by atoms with van der Waals surface area (Å²) in [6.07, 6.45) is 2.22. The average Bonchev–Trinajstić information content (AvgIpc) is 2.27. The van der Waals surface area contributed by atoms with Gasteiger partial charge >= 0.3 is 0 Å². The highest BCUT2D eigenvalue weighted by Crippen LogP contribution is 2.38. The molecule has 0 saturated carbocycles. The molecule has 0 aromatic heterocycles. The van der Waals surface area contributed by atoms with E-state index >= 15 is 0 Å². The Kier molecular flexibility index (Phi) is 2.99. The molecule has 16 heavy (non-hydrogen) atoms. The van der Waals surface area contributed by atoms with Gasteiger partial charge in [0.25, 0.3) is 0 Å². The van der Waals surface area contributed by atoms with Crippen molar-refractivity contribution in [3.05, 3.63) is 47.9 Å². The standard InChI is InChI=1S/C14H18FN/c1-10-4-5-11(2)16(3)14(10)12-6-8-13(15)9-7-12/h6-10,14H,2,4-5H2,1,3H3/t10-,14?/m0/s1. The topological polar surface area (TPSA) is 3.24 Å². The smallest absolute Gasteiger partial charge is 0.123 e. The van der Waals surface area contributed by atoms with Crippen LogP contribution in [0.15, 0.2) is 36.5 Å². The van der Waals surface area contributed by atoms with Crippen LogP contribution in [0.5, 0.6) is 0 Å². The summed E-state index contributed by atoms with van der Waals surface area (Å²) >= 11 is 0. The molecule has 1 aromatic carbocycles. The minimum absolute atomic E-state index is 0.173. The molecular formula is C14H18FN. The molecule has 1 aromatic rings. The largest absolute Gasteiger partial charge is 0.371 e.